The molecule has 0 N–H and O–H groups in total. The molecule has 3 rings (SSSR count). The van der Waals surface area contributed by atoms with Crippen molar-refractivity contribution in [1.82, 2.24) is 0 Å². The van der Waals surface area contributed by atoms with E-state index in [0.29, 0.717) is 5.92 Å². The first-order chi connectivity index (χ1) is 8.95. The molecule has 0 radical (unpaired) electrons. The Kier molecular flexibility index (Phi) is 2.62. The van der Waals surface area contributed by atoms with Gasteiger partial charge >= 0.3 is 6.18 Å². The predicted octanol–water partition coefficient (Wildman–Crippen LogP) is 4.36. The number of alkyl halides is 3. The molecule has 1 aromatic carbocycles. The van der Waals surface area contributed by atoms with E-state index in [-0.39, 0.29) is 0 Å². The van der Waals surface area contributed by atoms with Crippen molar-refractivity contribution in [3.63, 3.8) is 0 Å². The third-order valence-corrected chi connectivity index (χ3v) is 3.37. The molecule has 0 atom stereocenters. The largest absolute Gasteiger partial charge is 0.416 e. The molecule has 0 fully saturated rings. The summed E-state index contributed by atoms with van der Waals surface area (Å²) in [6, 6.07) is 5.22. The number of benzene rings is 1. The van der Waals surface area contributed by atoms with Gasteiger partial charge in [0, 0.05) is 12.3 Å². The van der Waals surface area contributed by atoms with Crippen LogP contribution in [0, 0.1) is 5.92 Å². The van der Waals surface area contributed by atoms with Gasteiger partial charge in [-0.15, -0.1) is 0 Å². The quantitative estimate of drug-likeness (QED) is 0.703. The van der Waals surface area contributed by atoms with Gasteiger partial charge in [-0.1, -0.05) is 24.3 Å². The summed E-state index contributed by atoms with van der Waals surface area (Å²) < 4.78 is 37.5. The van der Waals surface area contributed by atoms with Crippen molar-refractivity contribution < 1.29 is 13.2 Å². The fourth-order valence-corrected chi connectivity index (χ4v) is 2.24. The van der Waals surface area contributed by atoms with Crippen molar-refractivity contribution in [3.8, 4) is 0 Å². The number of rotatable bonds is 2. The molecule has 1 aliphatic carbocycles. The number of hydrogen-bond acceptors (Lipinski definition) is 1. The Balaban J connectivity index is 1.83. The van der Waals surface area contributed by atoms with Gasteiger partial charge in [-0.25, -0.2) is 0 Å². The van der Waals surface area contributed by atoms with Crippen molar-refractivity contribution in [2.45, 2.75) is 19.5 Å². The maximum Gasteiger partial charge on any atom is 0.416 e. The Labute approximate surface area is 109 Å². The lowest BCUT2D eigenvalue weighted by Gasteiger charge is -2.07. The molecule has 0 unspecified atom stereocenters. The molecule has 2 aliphatic rings. The highest BCUT2D eigenvalue weighted by Gasteiger charge is 2.30. The van der Waals surface area contributed by atoms with E-state index in [0.717, 1.165) is 35.5 Å². The van der Waals surface area contributed by atoms with Crippen molar-refractivity contribution >= 4 is 5.71 Å². The van der Waals surface area contributed by atoms with E-state index in [4.69, 9.17) is 0 Å². The lowest BCUT2D eigenvalue weighted by molar-refractivity contribution is -0.137. The summed E-state index contributed by atoms with van der Waals surface area (Å²) in [4.78, 5) is 4.55. The van der Waals surface area contributed by atoms with E-state index >= 15 is 0 Å². The Morgan fingerprint density at radius 2 is 1.74 bits per heavy atom. The van der Waals surface area contributed by atoms with Crippen LogP contribution in [0.3, 0.4) is 0 Å². The number of halogens is 3. The molecule has 1 nitrogen and oxygen atoms in total. The van der Waals surface area contributed by atoms with Gasteiger partial charge < -0.3 is 0 Å². The second-order valence-electron chi connectivity index (χ2n) is 4.89. The number of nitrogens with zero attached hydrogens (tertiary/aromatic N) is 1. The Bertz CT molecular complexity index is 597. The van der Waals surface area contributed by atoms with Crippen molar-refractivity contribution in [1.29, 1.82) is 0 Å². The van der Waals surface area contributed by atoms with Crippen LogP contribution in [0.25, 0.3) is 0 Å². The topological polar surface area (TPSA) is 12.4 Å². The molecule has 0 saturated carbocycles. The maximum atomic E-state index is 12.5. The number of aliphatic imine (C=N–C) groups is 1. The second-order valence-corrected chi connectivity index (χ2v) is 4.89. The molecule has 0 aromatic heterocycles. The number of hydrogen-bond donors (Lipinski definition) is 0. The Morgan fingerprint density at radius 1 is 1.11 bits per heavy atom. The molecule has 1 aliphatic heterocycles. The van der Waals surface area contributed by atoms with Gasteiger partial charge in [0.1, 0.15) is 0 Å². The molecule has 0 amide bonds. The van der Waals surface area contributed by atoms with E-state index < -0.39 is 11.7 Å². The first kappa shape index (κ1) is 12.2. The van der Waals surface area contributed by atoms with Gasteiger partial charge in [0.25, 0.3) is 0 Å². The van der Waals surface area contributed by atoms with Crippen LogP contribution < -0.4 is 0 Å². The maximum absolute atomic E-state index is 12.5. The van der Waals surface area contributed by atoms with Gasteiger partial charge in [-0.05, 0) is 30.2 Å². The fourth-order valence-electron chi connectivity index (χ4n) is 2.24. The van der Waals surface area contributed by atoms with Gasteiger partial charge in [-0.2, -0.15) is 13.2 Å². The van der Waals surface area contributed by atoms with E-state index in [9.17, 15) is 13.2 Å². The highest BCUT2D eigenvalue weighted by atomic mass is 19.4. The van der Waals surface area contributed by atoms with Crippen LogP contribution in [0.15, 0.2) is 52.7 Å². The average Bonchev–Trinajstić information content (AvgIpc) is 3.12. The van der Waals surface area contributed by atoms with Crippen LogP contribution in [0.4, 0.5) is 13.2 Å². The molecule has 0 bridgehead atoms. The molecule has 0 spiro atoms. The van der Waals surface area contributed by atoms with E-state index in [2.05, 4.69) is 17.1 Å². The first-order valence-electron chi connectivity index (χ1n) is 6.08. The smallest absolute Gasteiger partial charge is 0.256 e. The highest BCUT2D eigenvalue weighted by molar-refractivity contribution is 6.04. The van der Waals surface area contributed by atoms with Gasteiger partial charge in [0.05, 0.1) is 17.0 Å². The van der Waals surface area contributed by atoms with Crippen LogP contribution in [0.1, 0.15) is 24.5 Å². The highest BCUT2D eigenvalue weighted by Crippen LogP contribution is 2.36. The van der Waals surface area contributed by atoms with Crippen LogP contribution in [0.5, 0.6) is 0 Å². The van der Waals surface area contributed by atoms with Crippen molar-refractivity contribution in [2.75, 3.05) is 0 Å². The molecule has 0 saturated heterocycles. The Hall–Kier alpha value is -1.84. The van der Waals surface area contributed by atoms with E-state index in [1.54, 1.807) is 0 Å². The summed E-state index contributed by atoms with van der Waals surface area (Å²) in [5, 5.41) is 0. The summed E-state index contributed by atoms with van der Waals surface area (Å²) in [6.07, 6.45) is 0.572. The molecule has 98 valence electrons. The zero-order chi connectivity index (χ0) is 13.6. The second kappa shape index (κ2) is 4.08. The lowest BCUT2D eigenvalue weighted by atomic mass is 10.0. The minimum atomic E-state index is -4.28. The molecule has 1 heterocycles. The van der Waals surface area contributed by atoms with Gasteiger partial charge in [-0.3, -0.25) is 4.99 Å². The average molecular weight is 263 g/mol. The van der Waals surface area contributed by atoms with Crippen LogP contribution in [-0.4, -0.2) is 5.71 Å². The van der Waals surface area contributed by atoms with Crippen LogP contribution in [-0.2, 0) is 6.18 Å². The van der Waals surface area contributed by atoms with Crippen molar-refractivity contribution in [3.05, 3.63) is 58.8 Å². The predicted molar refractivity (Wildman–Crippen MR) is 67.9 cm³/mol. The Morgan fingerprint density at radius 3 is 2.26 bits per heavy atom. The van der Waals surface area contributed by atoms with Crippen LogP contribution in [0.2, 0.25) is 0 Å². The number of allylic oxidation sites excluding steroid dienone is 2. The first-order valence-corrected chi connectivity index (χ1v) is 6.08. The van der Waals surface area contributed by atoms with E-state index in [1.807, 2.05) is 6.92 Å². The SMILES string of the molecule is CC1=C(C2C=C2)N=C(c2ccc(C(F)(F)F)cc2)C1. The minimum absolute atomic E-state index is 0.340. The standard InChI is InChI=1S/C15H12F3N/c1-9-8-13(19-14(9)11-2-3-11)10-4-6-12(7-5-10)15(16,17)18/h2-7,11H,8H2,1H3. The molecular formula is C15H12F3N. The minimum Gasteiger partial charge on any atom is -0.256 e. The van der Waals surface area contributed by atoms with Gasteiger partial charge in [0.2, 0.25) is 0 Å². The summed E-state index contributed by atoms with van der Waals surface area (Å²) in [5.74, 6) is 0.340. The van der Waals surface area contributed by atoms with E-state index in [1.165, 1.54) is 17.7 Å². The summed E-state index contributed by atoms with van der Waals surface area (Å²) in [7, 11) is 0. The van der Waals surface area contributed by atoms with Crippen molar-refractivity contribution in [2.24, 2.45) is 10.9 Å². The summed E-state index contributed by atoms with van der Waals surface area (Å²) >= 11 is 0. The summed E-state index contributed by atoms with van der Waals surface area (Å²) in [5.41, 5.74) is 3.25. The van der Waals surface area contributed by atoms with Gasteiger partial charge in [0.15, 0.2) is 0 Å². The molecular weight excluding hydrogens is 251 g/mol. The molecule has 4 heteroatoms. The fraction of sp³-hybridized carbons (Fsp3) is 0.267. The van der Waals surface area contributed by atoms with Crippen LogP contribution >= 0.6 is 0 Å². The lowest BCUT2D eigenvalue weighted by Crippen LogP contribution is -2.05. The molecule has 19 heavy (non-hydrogen) atoms. The zero-order valence-electron chi connectivity index (χ0n) is 10.3. The summed E-state index contributed by atoms with van der Waals surface area (Å²) in [6.45, 7) is 2.02. The third-order valence-electron chi connectivity index (χ3n) is 3.37. The zero-order valence-corrected chi connectivity index (χ0v) is 10.3. The monoisotopic (exact) mass is 263 g/mol. The normalized spacial score (nSPS) is 19.1. The third kappa shape index (κ3) is 2.35. The molecule has 1 aromatic rings.